The van der Waals surface area contributed by atoms with Crippen molar-refractivity contribution in [3.05, 3.63) is 94.8 Å². The van der Waals surface area contributed by atoms with E-state index in [1.54, 1.807) is 55.5 Å². The molecule has 0 aliphatic heterocycles. The summed E-state index contributed by atoms with van der Waals surface area (Å²) in [5.41, 5.74) is 1.85. The lowest BCUT2D eigenvalue weighted by Crippen LogP contribution is -2.52. The summed E-state index contributed by atoms with van der Waals surface area (Å²) >= 11 is 6.16. The minimum absolute atomic E-state index is 0.0345. The fourth-order valence-electron chi connectivity index (χ4n) is 3.85. The van der Waals surface area contributed by atoms with E-state index in [-0.39, 0.29) is 29.1 Å². The minimum Gasteiger partial charge on any atom is -0.352 e. The molecule has 0 aliphatic rings. The second-order valence-electron chi connectivity index (χ2n) is 9.45. The van der Waals surface area contributed by atoms with Gasteiger partial charge in [0.1, 0.15) is 18.4 Å². The molecule has 0 saturated carbocycles. The third-order valence-electron chi connectivity index (χ3n) is 6.41. The first-order valence-electron chi connectivity index (χ1n) is 12.6. The zero-order chi connectivity index (χ0) is 28.7. The monoisotopic (exact) mass is 573 g/mol. The topological polar surface area (TPSA) is 86.8 Å². The van der Waals surface area contributed by atoms with Crippen molar-refractivity contribution in [2.75, 3.05) is 10.8 Å². The maximum absolute atomic E-state index is 13.9. The third kappa shape index (κ3) is 7.80. The molecule has 0 saturated heterocycles. The average Bonchev–Trinajstić information content (AvgIpc) is 2.90. The smallest absolute Gasteiger partial charge is 0.264 e. The van der Waals surface area contributed by atoms with Gasteiger partial charge < -0.3 is 10.2 Å². The van der Waals surface area contributed by atoms with Crippen molar-refractivity contribution >= 4 is 39.1 Å². The lowest BCUT2D eigenvalue weighted by molar-refractivity contribution is -0.139. The molecule has 0 fully saturated rings. The fourth-order valence-corrected chi connectivity index (χ4v) is 5.48. The number of hydrogen-bond donors (Lipinski definition) is 1. The molecule has 0 radical (unpaired) electrons. The van der Waals surface area contributed by atoms with Crippen LogP contribution in [0.1, 0.15) is 38.3 Å². The summed E-state index contributed by atoms with van der Waals surface area (Å²) in [4.78, 5) is 28.1. The van der Waals surface area contributed by atoms with Crippen LogP contribution in [0.15, 0.2) is 77.7 Å². The van der Waals surface area contributed by atoms with E-state index in [4.69, 9.17) is 11.6 Å². The fraction of sp³-hybridized carbons (Fsp3) is 0.310. The summed E-state index contributed by atoms with van der Waals surface area (Å²) in [7, 11) is -4.26. The van der Waals surface area contributed by atoms with E-state index in [0.29, 0.717) is 17.0 Å². The number of sulfonamides is 1. The number of hydrogen-bond acceptors (Lipinski definition) is 4. The summed E-state index contributed by atoms with van der Waals surface area (Å²) in [6.07, 6.45) is 0.706. The zero-order valence-corrected chi connectivity index (χ0v) is 24.0. The van der Waals surface area contributed by atoms with E-state index in [2.05, 4.69) is 5.32 Å². The van der Waals surface area contributed by atoms with Crippen molar-refractivity contribution < 1.29 is 22.4 Å². The van der Waals surface area contributed by atoms with E-state index in [0.717, 1.165) is 34.1 Å². The summed E-state index contributed by atoms with van der Waals surface area (Å²) in [6, 6.07) is 17.0. The van der Waals surface area contributed by atoms with Crippen molar-refractivity contribution in [2.45, 2.75) is 57.6 Å². The van der Waals surface area contributed by atoms with Gasteiger partial charge in [-0.3, -0.25) is 13.9 Å². The van der Waals surface area contributed by atoms with Gasteiger partial charge in [-0.1, -0.05) is 48.4 Å². The molecule has 3 aromatic rings. The van der Waals surface area contributed by atoms with Crippen molar-refractivity contribution in [1.29, 1.82) is 0 Å². The highest BCUT2D eigenvalue weighted by Gasteiger charge is 2.32. The van der Waals surface area contributed by atoms with Gasteiger partial charge in [-0.25, -0.2) is 12.8 Å². The number of amides is 2. The number of nitrogens with one attached hydrogen (secondary N) is 1. The number of aryl methyl sites for hydroxylation is 1. The molecule has 3 rings (SSSR count). The minimum atomic E-state index is -4.26. The number of rotatable bonds is 11. The Hall–Kier alpha value is -3.43. The summed E-state index contributed by atoms with van der Waals surface area (Å²) in [5, 5.41) is 3.36. The molecule has 0 aliphatic carbocycles. The van der Waals surface area contributed by atoms with E-state index in [1.165, 1.54) is 4.90 Å². The van der Waals surface area contributed by atoms with Crippen LogP contribution in [0.3, 0.4) is 0 Å². The van der Waals surface area contributed by atoms with Crippen LogP contribution in [0.5, 0.6) is 0 Å². The molecular formula is C29H33ClFN3O4S. The molecule has 3 aromatic carbocycles. The quantitative estimate of drug-likeness (QED) is 0.337. The van der Waals surface area contributed by atoms with Crippen LogP contribution in [0.25, 0.3) is 0 Å². The Labute approximate surface area is 234 Å². The van der Waals surface area contributed by atoms with Gasteiger partial charge in [0.25, 0.3) is 10.0 Å². The Morgan fingerprint density at radius 1 is 1.00 bits per heavy atom. The van der Waals surface area contributed by atoms with Gasteiger partial charge in [-0.15, -0.1) is 0 Å². The maximum Gasteiger partial charge on any atom is 0.264 e. The second-order valence-corrected chi connectivity index (χ2v) is 11.7. The lowest BCUT2D eigenvalue weighted by atomic mass is 10.1. The van der Waals surface area contributed by atoms with Gasteiger partial charge >= 0.3 is 0 Å². The molecule has 1 N–H and O–H groups in total. The highest BCUT2D eigenvalue weighted by molar-refractivity contribution is 7.92. The Morgan fingerprint density at radius 3 is 2.23 bits per heavy atom. The predicted octanol–water partition coefficient (Wildman–Crippen LogP) is 5.31. The lowest BCUT2D eigenvalue weighted by Gasteiger charge is -2.32. The number of carbonyl (C=O) groups excluding carboxylic acids is 2. The Morgan fingerprint density at radius 2 is 1.64 bits per heavy atom. The molecule has 0 heterocycles. The summed E-state index contributed by atoms with van der Waals surface area (Å²) < 4.78 is 42.0. The molecule has 0 aromatic heterocycles. The van der Waals surface area contributed by atoms with Crippen LogP contribution < -0.4 is 9.62 Å². The highest BCUT2D eigenvalue weighted by atomic mass is 35.5. The van der Waals surface area contributed by atoms with Crippen LogP contribution in [0.4, 0.5) is 10.1 Å². The number of nitrogens with zero attached hydrogens (tertiary/aromatic N) is 2. The van der Waals surface area contributed by atoms with Gasteiger partial charge in [0, 0.05) is 17.6 Å². The molecule has 7 nitrogen and oxygen atoms in total. The van der Waals surface area contributed by atoms with Gasteiger partial charge in [0.05, 0.1) is 10.6 Å². The number of carbonyl (C=O) groups is 2. The average molecular weight is 574 g/mol. The van der Waals surface area contributed by atoms with E-state index in [9.17, 15) is 22.4 Å². The van der Waals surface area contributed by atoms with Gasteiger partial charge in [-0.2, -0.15) is 0 Å². The predicted molar refractivity (Wildman–Crippen MR) is 151 cm³/mol. The molecule has 0 spiro atoms. The van der Waals surface area contributed by atoms with Crippen LogP contribution in [-0.2, 0) is 26.2 Å². The van der Waals surface area contributed by atoms with Crippen LogP contribution in [0.2, 0.25) is 5.02 Å². The van der Waals surface area contributed by atoms with Crippen molar-refractivity contribution in [2.24, 2.45) is 0 Å². The van der Waals surface area contributed by atoms with E-state index in [1.807, 2.05) is 20.8 Å². The van der Waals surface area contributed by atoms with E-state index < -0.39 is 34.3 Å². The Kier molecular flexibility index (Phi) is 10.1. The standard InChI is InChI=1S/C29H33ClFN3O4S/c1-5-21(3)32-29(36)22(4)33(18-23-7-6-8-24(30)17-23)28(35)19-34(26-13-9-20(2)10-14-26)39(37,38)27-15-11-25(31)12-16-27/h6-17,21-22H,5,18-19H2,1-4H3,(H,32,36)/t21-,22+/m1/s1. The molecule has 2 atom stereocenters. The van der Waals surface area contributed by atoms with Crippen molar-refractivity contribution in [3.8, 4) is 0 Å². The summed E-state index contributed by atoms with van der Waals surface area (Å²) in [6.45, 7) is 6.71. The summed E-state index contributed by atoms with van der Waals surface area (Å²) in [5.74, 6) is -1.53. The molecule has 39 heavy (non-hydrogen) atoms. The number of halogens is 2. The first kappa shape index (κ1) is 30.1. The zero-order valence-electron chi connectivity index (χ0n) is 22.4. The van der Waals surface area contributed by atoms with Crippen LogP contribution in [-0.4, -0.2) is 43.8 Å². The highest BCUT2D eigenvalue weighted by Crippen LogP contribution is 2.25. The Bertz CT molecular complexity index is 1400. The van der Waals surface area contributed by atoms with Crippen LogP contribution in [0, 0.1) is 12.7 Å². The Balaban J connectivity index is 2.02. The van der Waals surface area contributed by atoms with Crippen molar-refractivity contribution in [3.63, 3.8) is 0 Å². The number of anilines is 1. The normalized spacial score (nSPS) is 12.9. The maximum atomic E-state index is 13.9. The molecular weight excluding hydrogens is 541 g/mol. The molecule has 0 unspecified atom stereocenters. The first-order valence-corrected chi connectivity index (χ1v) is 14.4. The SMILES string of the molecule is CC[C@@H](C)NC(=O)[C@H](C)N(Cc1cccc(Cl)c1)C(=O)CN(c1ccc(C)cc1)S(=O)(=O)c1ccc(F)cc1. The number of benzene rings is 3. The van der Waals surface area contributed by atoms with Crippen LogP contribution >= 0.6 is 11.6 Å². The second kappa shape index (κ2) is 13.1. The van der Waals surface area contributed by atoms with E-state index >= 15 is 0 Å². The third-order valence-corrected chi connectivity index (χ3v) is 8.44. The van der Waals surface area contributed by atoms with Gasteiger partial charge in [0.2, 0.25) is 11.8 Å². The molecule has 208 valence electrons. The van der Waals surface area contributed by atoms with Crippen molar-refractivity contribution in [1.82, 2.24) is 10.2 Å². The first-order chi connectivity index (χ1) is 18.4. The molecule has 10 heteroatoms. The van der Waals surface area contributed by atoms with Gasteiger partial charge in [0.15, 0.2) is 0 Å². The largest absolute Gasteiger partial charge is 0.352 e. The molecule has 2 amide bonds. The molecule has 0 bridgehead atoms. The van der Waals surface area contributed by atoms with Gasteiger partial charge in [-0.05, 0) is 81.3 Å².